The number of hydrogen-bond donors (Lipinski definition) is 1. The van der Waals surface area contributed by atoms with Crippen molar-refractivity contribution in [1.29, 1.82) is 0 Å². The van der Waals surface area contributed by atoms with Crippen molar-refractivity contribution >= 4 is 10.4 Å². The first-order valence-electron chi connectivity index (χ1n) is 11.1. The lowest BCUT2D eigenvalue weighted by Crippen LogP contribution is -2.14. The second kappa shape index (κ2) is 18.2. The Morgan fingerprint density at radius 3 is 1.35 bits per heavy atom. The number of unbranched alkanes of at least 4 members (excludes halogenated alkanes) is 13. The summed E-state index contributed by atoms with van der Waals surface area (Å²) in [4.78, 5) is 0. The van der Waals surface area contributed by atoms with Gasteiger partial charge in [-0.15, -0.1) is 0 Å². The highest BCUT2D eigenvalue weighted by Crippen LogP contribution is 2.20. The summed E-state index contributed by atoms with van der Waals surface area (Å²) in [6, 6.07) is 0. The van der Waals surface area contributed by atoms with Crippen LogP contribution in [0.25, 0.3) is 0 Å². The van der Waals surface area contributed by atoms with E-state index in [0.717, 1.165) is 25.7 Å². The van der Waals surface area contributed by atoms with Crippen LogP contribution in [0.1, 0.15) is 123 Å². The third-order valence-corrected chi connectivity index (χ3v) is 5.57. The Bertz CT molecular complexity index is 381. The van der Waals surface area contributed by atoms with Crippen LogP contribution in [0.2, 0.25) is 0 Å². The van der Waals surface area contributed by atoms with E-state index in [1.165, 1.54) is 83.5 Å². The summed E-state index contributed by atoms with van der Waals surface area (Å²) < 4.78 is 35.2. The van der Waals surface area contributed by atoms with E-state index in [9.17, 15) is 8.42 Å². The lowest BCUT2D eigenvalue weighted by molar-refractivity contribution is 0.204. The molecule has 0 aromatic heterocycles. The predicted molar refractivity (Wildman–Crippen MR) is 111 cm³/mol. The fourth-order valence-corrected chi connectivity index (χ4v) is 3.81. The second-order valence-electron chi connectivity index (χ2n) is 7.75. The molecule has 26 heavy (non-hydrogen) atoms. The third kappa shape index (κ3) is 20.2. The van der Waals surface area contributed by atoms with Crippen LogP contribution in [-0.4, -0.2) is 19.6 Å². The van der Waals surface area contributed by atoms with E-state index < -0.39 is 10.4 Å². The Kier molecular flexibility index (Phi) is 18.2. The van der Waals surface area contributed by atoms with Gasteiger partial charge in [-0.2, -0.15) is 8.42 Å². The third-order valence-electron chi connectivity index (χ3n) is 5.13. The van der Waals surface area contributed by atoms with Crippen molar-refractivity contribution in [2.75, 3.05) is 6.61 Å². The molecule has 0 saturated carbocycles. The highest BCUT2D eigenvalue weighted by molar-refractivity contribution is 7.80. The van der Waals surface area contributed by atoms with Crippen LogP contribution >= 0.6 is 0 Å². The zero-order valence-corrected chi connectivity index (χ0v) is 18.2. The van der Waals surface area contributed by atoms with Crippen molar-refractivity contribution in [3.63, 3.8) is 0 Å². The molecule has 0 saturated heterocycles. The first-order valence-corrected chi connectivity index (χ1v) is 12.5. The average Bonchev–Trinajstić information content (AvgIpc) is 2.59. The van der Waals surface area contributed by atoms with Crippen molar-refractivity contribution in [2.45, 2.75) is 123 Å². The lowest BCUT2D eigenvalue weighted by atomic mass is 9.95. The largest absolute Gasteiger partial charge is 0.397 e. The van der Waals surface area contributed by atoms with Crippen molar-refractivity contribution in [3.05, 3.63) is 0 Å². The van der Waals surface area contributed by atoms with Crippen molar-refractivity contribution in [1.82, 2.24) is 0 Å². The topological polar surface area (TPSA) is 63.6 Å². The summed E-state index contributed by atoms with van der Waals surface area (Å²) in [5.41, 5.74) is 0. The maximum Gasteiger partial charge on any atom is 0.397 e. The molecule has 5 heteroatoms. The molecule has 0 fully saturated rings. The number of hydrogen-bond acceptors (Lipinski definition) is 3. The maximum absolute atomic E-state index is 10.8. The second-order valence-corrected chi connectivity index (χ2v) is 8.84. The number of rotatable bonds is 20. The minimum Gasteiger partial charge on any atom is -0.264 e. The first kappa shape index (κ1) is 25.9. The van der Waals surface area contributed by atoms with Gasteiger partial charge in [-0.1, -0.05) is 110 Å². The van der Waals surface area contributed by atoms with Crippen LogP contribution in [0.5, 0.6) is 0 Å². The highest BCUT2D eigenvalue weighted by Gasteiger charge is 2.13. The Balaban J connectivity index is 3.85. The fraction of sp³-hybridized carbons (Fsp3) is 1.00. The van der Waals surface area contributed by atoms with Gasteiger partial charge in [-0.05, 0) is 18.8 Å². The van der Waals surface area contributed by atoms with Crippen molar-refractivity contribution in [2.24, 2.45) is 5.92 Å². The van der Waals surface area contributed by atoms with E-state index in [-0.39, 0.29) is 12.5 Å². The highest BCUT2D eigenvalue weighted by atomic mass is 32.3. The molecule has 0 aliphatic heterocycles. The molecule has 0 radical (unpaired) electrons. The normalized spacial score (nSPS) is 13.2. The van der Waals surface area contributed by atoms with E-state index in [2.05, 4.69) is 18.0 Å². The van der Waals surface area contributed by atoms with Gasteiger partial charge in [0.05, 0.1) is 6.61 Å². The average molecular weight is 393 g/mol. The molecule has 0 aromatic carbocycles. The van der Waals surface area contributed by atoms with Crippen LogP contribution < -0.4 is 0 Å². The molecule has 0 aromatic rings. The zero-order chi connectivity index (χ0) is 19.5. The van der Waals surface area contributed by atoms with Crippen LogP contribution in [0, 0.1) is 5.92 Å². The summed E-state index contributed by atoms with van der Waals surface area (Å²) in [5, 5.41) is 0. The summed E-state index contributed by atoms with van der Waals surface area (Å²) in [6.45, 7) is 4.59. The van der Waals surface area contributed by atoms with Gasteiger partial charge >= 0.3 is 10.4 Å². The predicted octanol–water partition coefficient (Wildman–Crippen LogP) is 7.09. The standard InChI is InChI=1S/C21H44O4S/c1-3-5-7-9-11-13-15-17-19-21(20-25-26(22,23)24)18-16-14-12-10-8-6-4-2/h21H,3-20H2,1-2H3,(H,22,23,24). The lowest BCUT2D eigenvalue weighted by Gasteiger charge is -2.16. The van der Waals surface area contributed by atoms with Crippen LogP contribution in [0.3, 0.4) is 0 Å². The van der Waals surface area contributed by atoms with Gasteiger partial charge in [-0.25, -0.2) is 4.18 Å². The summed E-state index contributed by atoms with van der Waals surface area (Å²) in [6.07, 6.45) is 21.1. The Labute approximate surface area is 163 Å². The van der Waals surface area contributed by atoms with Crippen LogP contribution in [0.15, 0.2) is 0 Å². The summed E-state index contributed by atoms with van der Waals surface area (Å²) >= 11 is 0. The van der Waals surface area contributed by atoms with Crippen molar-refractivity contribution in [3.8, 4) is 0 Å². The van der Waals surface area contributed by atoms with Gasteiger partial charge in [0.25, 0.3) is 0 Å². The molecule has 0 amide bonds. The molecule has 0 spiro atoms. The first-order chi connectivity index (χ1) is 12.5. The van der Waals surface area contributed by atoms with Gasteiger partial charge in [0.2, 0.25) is 0 Å². The molecule has 0 aliphatic rings. The van der Waals surface area contributed by atoms with Gasteiger partial charge in [-0.3, -0.25) is 4.55 Å². The van der Waals surface area contributed by atoms with E-state index in [1.807, 2.05) is 0 Å². The summed E-state index contributed by atoms with van der Waals surface area (Å²) in [7, 11) is -4.31. The monoisotopic (exact) mass is 392 g/mol. The van der Waals surface area contributed by atoms with Gasteiger partial charge < -0.3 is 0 Å². The smallest absolute Gasteiger partial charge is 0.264 e. The molecule has 1 unspecified atom stereocenters. The van der Waals surface area contributed by atoms with E-state index in [4.69, 9.17) is 4.55 Å². The van der Waals surface area contributed by atoms with Gasteiger partial charge in [0, 0.05) is 0 Å². The molecule has 0 rings (SSSR count). The minimum absolute atomic E-state index is 0.130. The Hall–Kier alpha value is -0.130. The molecular formula is C21H44O4S. The molecular weight excluding hydrogens is 348 g/mol. The molecule has 0 heterocycles. The molecule has 4 nitrogen and oxygen atoms in total. The Morgan fingerprint density at radius 1 is 0.654 bits per heavy atom. The Morgan fingerprint density at radius 2 is 1.00 bits per heavy atom. The van der Waals surface area contributed by atoms with Gasteiger partial charge in [0.15, 0.2) is 0 Å². The molecule has 1 atom stereocenters. The van der Waals surface area contributed by atoms with Gasteiger partial charge in [0.1, 0.15) is 0 Å². The van der Waals surface area contributed by atoms with E-state index in [0.29, 0.717) is 0 Å². The van der Waals surface area contributed by atoms with E-state index >= 15 is 0 Å². The quantitative estimate of drug-likeness (QED) is 0.177. The van der Waals surface area contributed by atoms with Crippen LogP contribution in [-0.2, 0) is 14.6 Å². The minimum atomic E-state index is -4.31. The zero-order valence-electron chi connectivity index (χ0n) is 17.4. The van der Waals surface area contributed by atoms with Crippen LogP contribution in [0.4, 0.5) is 0 Å². The molecule has 1 N–H and O–H groups in total. The SMILES string of the molecule is CCCCCCCCCCC(CCCCCCCCC)COS(=O)(=O)O. The molecule has 158 valence electrons. The van der Waals surface area contributed by atoms with E-state index in [1.54, 1.807) is 0 Å². The summed E-state index contributed by atoms with van der Waals surface area (Å²) in [5.74, 6) is 0.243. The molecule has 0 aliphatic carbocycles. The maximum atomic E-state index is 10.8. The molecule has 0 bridgehead atoms. The fourth-order valence-electron chi connectivity index (χ4n) is 3.45. The van der Waals surface area contributed by atoms with Crippen molar-refractivity contribution < 1.29 is 17.2 Å².